The topological polar surface area (TPSA) is 86.3 Å². The van der Waals surface area contributed by atoms with Gasteiger partial charge in [0, 0.05) is 24.0 Å². The molecule has 6 heteroatoms. The van der Waals surface area contributed by atoms with E-state index in [0.29, 0.717) is 0 Å². The lowest BCUT2D eigenvalue weighted by atomic mass is 10.1. The summed E-state index contributed by atoms with van der Waals surface area (Å²) in [5.74, 6) is -1.68. The molecule has 1 aliphatic heterocycles. The van der Waals surface area contributed by atoms with E-state index in [-0.39, 0.29) is 18.9 Å². The fraction of sp³-hybridized carbons (Fsp3) is 0.250. The minimum absolute atomic E-state index is 0.0682. The summed E-state index contributed by atoms with van der Waals surface area (Å²) in [5.41, 5.74) is 1.61. The standard InChI is InChI=1S/C12H11N3O3/c16-11-4-8(12(17)18)6-15(11)9-1-2-10-7(3-9)5-13-14-10/h1-3,5,8H,4,6H2,(H,13,14)(H,17,18)/t8-/m0/s1. The lowest BCUT2D eigenvalue weighted by Crippen LogP contribution is -2.25. The molecule has 92 valence electrons. The second-order valence-electron chi connectivity index (χ2n) is 4.39. The lowest BCUT2D eigenvalue weighted by molar-refractivity contribution is -0.141. The van der Waals surface area contributed by atoms with Gasteiger partial charge in [0.2, 0.25) is 5.91 Å². The van der Waals surface area contributed by atoms with E-state index in [4.69, 9.17) is 5.11 Å². The van der Waals surface area contributed by atoms with Gasteiger partial charge in [-0.1, -0.05) is 0 Å². The van der Waals surface area contributed by atoms with Crippen LogP contribution in [0.15, 0.2) is 24.4 Å². The summed E-state index contributed by atoms with van der Waals surface area (Å²) < 4.78 is 0. The van der Waals surface area contributed by atoms with Crippen LogP contribution < -0.4 is 4.90 Å². The number of carbonyl (C=O) groups is 2. The number of hydrogen-bond donors (Lipinski definition) is 2. The highest BCUT2D eigenvalue weighted by molar-refractivity contribution is 6.00. The maximum atomic E-state index is 11.8. The largest absolute Gasteiger partial charge is 0.481 e. The van der Waals surface area contributed by atoms with E-state index >= 15 is 0 Å². The van der Waals surface area contributed by atoms with Gasteiger partial charge < -0.3 is 10.0 Å². The first-order valence-corrected chi connectivity index (χ1v) is 5.61. The van der Waals surface area contributed by atoms with Crippen LogP contribution in [0.3, 0.4) is 0 Å². The summed E-state index contributed by atoms with van der Waals surface area (Å²) in [7, 11) is 0. The molecule has 2 heterocycles. The Kier molecular flexibility index (Phi) is 2.29. The Balaban J connectivity index is 1.94. The molecule has 1 aliphatic rings. The van der Waals surface area contributed by atoms with Crippen LogP contribution in [-0.2, 0) is 9.59 Å². The molecule has 18 heavy (non-hydrogen) atoms. The van der Waals surface area contributed by atoms with E-state index in [1.165, 1.54) is 4.90 Å². The first-order valence-electron chi connectivity index (χ1n) is 5.61. The summed E-state index contributed by atoms with van der Waals surface area (Å²) >= 11 is 0. The number of aliphatic carboxylic acids is 1. The minimum Gasteiger partial charge on any atom is -0.481 e. The normalized spacial score (nSPS) is 19.7. The fourth-order valence-electron chi connectivity index (χ4n) is 2.22. The van der Waals surface area contributed by atoms with Crippen LogP contribution in [0.4, 0.5) is 5.69 Å². The average molecular weight is 245 g/mol. The van der Waals surface area contributed by atoms with Crippen molar-refractivity contribution in [3.05, 3.63) is 24.4 Å². The number of aromatic amines is 1. The average Bonchev–Trinajstić information content (AvgIpc) is 2.93. The number of anilines is 1. The Hall–Kier alpha value is -2.37. The zero-order chi connectivity index (χ0) is 12.7. The summed E-state index contributed by atoms with van der Waals surface area (Å²) in [4.78, 5) is 24.2. The van der Waals surface area contributed by atoms with Gasteiger partial charge in [0.15, 0.2) is 0 Å². The van der Waals surface area contributed by atoms with E-state index in [0.717, 1.165) is 16.6 Å². The molecule has 6 nitrogen and oxygen atoms in total. The van der Waals surface area contributed by atoms with Crippen molar-refractivity contribution in [3.63, 3.8) is 0 Å². The van der Waals surface area contributed by atoms with E-state index in [1.807, 2.05) is 12.1 Å². The highest BCUT2D eigenvalue weighted by atomic mass is 16.4. The maximum Gasteiger partial charge on any atom is 0.308 e. The number of fused-ring (bicyclic) bond motifs is 1. The molecule has 3 rings (SSSR count). The van der Waals surface area contributed by atoms with Crippen molar-refractivity contribution >= 4 is 28.5 Å². The molecular weight excluding hydrogens is 234 g/mol. The maximum absolute atomic E-state index is 11.8. The third kappa shape index (κ3) is 1.62. The van der Waals surface area contributed by atoms with E-state index in [2.05, 4.69) is 10.2 Å². The molecule has 1 atom stereocenters. The number of amides is 1. The quantitative estimate of drug-likeness (QED) is 0.826. The van der Waals surface area contributed by atoms with Crippen LogP contribution in [-0.4, -0.2) is 33.7 Å². The molecular formula is C12H11N3O3. The van der Waals surface area contributed by atoms with Gasteiger partial charge in [-0.25, -0.2) is 0 Å². The molecule has 0 saturated carbocycles. The molecule has 2 N–H and O–H groups in total. The van der Waals surface area contributed by atoms with Crippen molar-refractivity contribution in [3.8, 4) is 0 Å². The van der Waals surface area contributed by atoms with Gasteiger partial charge in [-0.15, -0.1) is 0 Å². The van der Waals surface area contributed by atoms with Crippen LogP contribution in [0.2, 0.25) is 0 Å². The van der Waals surface area contributed by atoms with Crippen molar-refractivity contribution in [1.82, 2.24) is 10.2 Å². The van der Waals surface area contributed by atoms with Crippen molar-refractivity contribution < 1.29 is 14.7 Å². The Bertz CT molecular complexity index is 634. The van der Waals surface area contributed by atoms with Crippen molar-refractivity contribution in [1.29, 1.82) is 0 Å². The van der Waals surface area contributed by atoms with E-state index in [1.54, 1.807) is 12.3 Å². The number of benzene rings is 1. The van der Waals surface area contributed by atoms with E-state index in [9.17, 15) is 9.59 Å². The SMILES string of the molecule is O=C(O)[C@H]1CC(=O)N(c2ccc3[nH]ncc3c2)C1. The molecule has 1 aromatic heterocycles. The van der Waals surface area contributed by atoms with Crippen LogP contribution in [0, 0.1) is 5.92 Å². The summed E-state index contributed by atoms with van der Waals surface area (Å²) in [6.45, 7) is 0.234. The van der Waals surface area contributed by atoms with Gasteiger partial charge in [0.25, 0.3) is 0 Å². The molecule has 0 bridgehead atoms. The summed E-state index contributed by atoms with van der Waals surface area (Å²) in [6, 6.07) is 5.46. The van der Waals surface area contributed by atoms with Crippen molar-refractivity contribution in [2.45, 2.75) is 6.42 Å². The Labute approximate surface area is 102 Å². The molecule has 1 fully saturated rings. The van der Waals surface area contributed by atoms with Gasteiger partial charge in [-0.2, -0.15) is 5.10 Å². The number of hydrogen-bond acceptors (Lipinski definition) is 3. The molecule has 1 amide bonds. The molecule has 1 saturated heterocycles. The van der Waals surface area contributed by atoms with Crippen molar-refractivity contribution in [2.24, 2.45) is 5.92 Å². The van der Waals surface area contributed by atoms with Gasteiger partial charge in [-0.05, 0) is 18.2 Å². The zero-order valence-electron chi connectivity index (χ0n) is 9.46. The summed E-state index contributed by atoms with van der Waals surface area (Å²) in [5, 5.41) is 16.6. The second kappa shape index (κ2) is 3.83. The number of aromatic nitrogens is 2. The highest BCUT2D eigenvalue weighted by Crippen LogP contribution is 2.27. The minimum atomic E-state index is -0.921. The predicted octanol–water partition coefficient (Wildman–Crippen LogP) is 1.00. The zero-order valence-corrected chi connectivity index (χ0v) is 9.46. The number of H-pyrrole nitrogens is 1. The number of nitrogens with zero attached hydrogens (tertiary/aromatic N) is 2. The van der Waals surface area contributed by atoms with Crippen LogP contribution in [0.25, 0.3) is 10.9 Å². The smallest absolute Gasteiger partial charge is 0.308 e. The Morgan fingerprint density at radius 3 is 3.06 bits per heavy atom. The Morgan fingerprint density at radius 2 is 2.33 bits per heavy atom. The Morgan fingerprint density at radius 1 is 1.50 bits per heavy atom. The predicted molar refractivity (Wildman–Crippen MR) is 64.2 cm³/mol. The highest BCUT2D eigenvalue weighted by Gasteiger charge is 2.35. The third-order valence-corrected chi connectivity index (χ3v) is 3.21. The molecule has 2 aromatic rings. The first kappa shape index (κ1) is 10.8. The van der Waals surface area contributed by atoms with Crippen molar-refractivity contribution in [2.75, 3.05) is 11.4 Å². The number of nitrogens with one attached hydrogen (secondary N) is 1. The third-order valence-electron chi connectivity index (χ3n) is 3.21. The van der Waals surface area contributed by atoms with Gasteiger partial charge >= 0.3 is 5.97 Å². The fourth-order valence-corrected chi connectivity index (χ4v) is 2.22. The second-order valence-corrected chi connectivity index (χ2v) is 4.39. The summed E-state index contributed by atoms with van der Waals surface area (Å²) in [6.07, 6.45) is 1.74. The van der Waals surface area contributed by atoms with Crippen LogP contribution in [0.5, 0.6) is 0 Å². The van der Waals surface area contributed by atoms with Gasteiger partial charge in [0.1, 0.15) is 0 Å². The van der Waals surface area contributed by atoms with Gasteiger partial charge in [0.05, 0.1) is 17.6 Å². The van der Waals surface area contributed by atoms with Crippen LogP contribution in [0.1, 0.15) is 6.42 Å². The first-order chi connectivity index (χ1) is 8.65. The molecule has 0 unspecified atom stereocenters. The molecule has 0 aliphatic carbocycles. The number of carboxylic acid groups (broad SMARTS) is 1. The lowest BCUT2D eigenvalue weighted by Gasteiger charge is -2.15. The monoisotopic (exact) mass is 245 g/mol. The van der Waals surface area contributed by atoms with E-state index < -0.39 is 11.9 Å². The number of rotatable bonds is 2. The number of carboxylic acids is 1. The number of carbonyl (C=O) groups excluding carboxylic acids is 1. The molecule has 0 radical (unpaired) electrons. The van der Waals surface area contributed by atoms with Crippen LogP contribution >= 0.6 is 0 Å². The molecule has 1 aromatic carbocycles. The molecule has 0 spiro atoms. The van der Waals surface area contributed by atoms with Gasteiger partial charge in [-0.3, -0.25) is 14.7 Å².